The van der Waals surface area contributed by atoms with Gasteiger partial charge in [-0.1, -0.05) is 0 Å². The molecule has 0 N–H and O–H groups in total. The molecule has 1 aromatic heterocycles. The highest BCUT2D eigenvalue weighted by atomic mass is 14.6. The molecule has 2 heteroatoms. The summed E-state index contributed by atoms with van der Waals surface area (Å²) in [4.78, 5) is 4.08. The lowest BCUT2D eigenvalue weighted by molar-refractivity contribution is 0.684. The van der Waals surface area contributed by atoms with Gasteiger partial charge in [-0.05, 0) is 38.5 Å². The van der Waals surface area contributed by atoms with Crippen LogP contribution in [0.25, 0.3) is 0 Å². The molecule has 0 aliphatic rings. The largest absolute Gasteiger partial charge is 0.262 e. The molecule has 12 heavy (non-hydrogen) atoms. The maximum Gasteiger partial charge on any atom is 0.0767 e. The Morgan fingerprint density at radius 3 is 2.67 bits per heavy atom. The Kier molecular flexibility index (Phi) is 2.14. The van der Waals surface area contributed by atoms with Crippen LogP contribution in [0.15, 0.2) is 18.3 Å². The zero-order valence-electron chi connectivity index (χ0n) is 7.63. The van der Waals surface area contributed by atoms with Crippen molar-refractivity contribution < 1.29 is 0 Å². The lowest BCUT2D eigenvalue weighted by Crippen LogP contribution is -2.13. The number of pyridine rings is 1. The van der Waals surface area contributed by atoms with Crippen molar-refractivity contribution in [2.45, 2.75) is 26.2 Å². The molecule has 2 nitrogen and oxygen atoms in total. The fourth-order valence-corrected chi connectivity index (χ4v) is 0.999. The summed E-state index contributed by atoms with van der Waals surface area (Å²) in [6.45, 7) is 5.74. The van der Waals surface area contributed by atoms with Gasteiger partial charge in [0, 0.05) is 11.9 Å². The monoisotopic (exact) mass is 160 g/mol. The summed E-state index contributed by atoms with van der Waals surface area (Å²) in [6.07, 6.45) is 1.74. The van der Waals surface area contributed by atoms with Crippen LogP contribution in [0.1, 0.15) is 25.1 Å². The molecule has 0 spiro atoms. The van der Waals surface area contributed by atoms with Gasteiger partial charge in [0.2, 0.25) is 0 Å². The van der Waals surface area contributed by atoms with Crippen LogP contribution < -0.4 is 0 Å². The number of nitrogens with zero attached hydrogens (tertiary/aromatic N) is 2. The lowest BCUT2D eigenvalue weighted by atomic mass is 9.87. The van der Waals surface area contributed by atoms with E-state index in [9.17, 15) is 0 Å². The van der Waals surface area contributed by atoms with Crippen molar-refractivity contribution in [3.63, 3.8) is 0 Å². The fourth-order valence-electron chi connectivity index (χ4n) is 0.999. The van der Waals surface area contributed by atoms with Gasteiger partial charge in [-0.25, -0.2) is 0 Å². The van der Waals surface area contributed by atoms with Crippen LogP contribution in [-0.2, 0) is 5.41 Å². The maximum absolute atomic E-state index is 8.87. The zero-order chi connectivity index (χ0) is 9.19. The number of hydrogen-bond donors (Lipinski definition) is 0. The average molecular weight is 160 g/mol. The van der Waals surface area contributed by atoms with Crippen LogP contribution in [0.5, 0.6) is 0 Å². The van der Waals surface area contributed by atoms with Crippen molar-refractivity contribution in [2.24, 2.45) is 0 Å². The van der Waals surface area contributed by atoms with E-state index in [0.717, 1.165) is 11.3 Å². The van der Waals surface area contributed by atoms with Crippen molar-refractivity contribution in [2.75, 3.05) is 0 Å². The number of rotatable bonds is 1. The summed E-state index contributed by atoms with van der Waals surface area (Å²) >= 11 is 0. The van der Waals surface area contributed by atoms with Crippen LogP contribution in [0, 0.1) is 18.3 Å². The molecule has 0 radical (unpaired) electrons. The third-order valence-corrected chi connectivity index (χ3v) is 1.90. The molecule has 1 aromatic rings. The molecule has 0 atom stereocenters. The topological polar surface area (TPSA) is 36.7 Å². The first-order valence-electron chi connectivity index (χ1n) is 3.90. The molecule has 62 valence electrons. The molecule has 0 fully saturated rings. The van der Waals surface area contributed by atoms with Crippen LogP contribution in [0.2, 0.25) is 0 Å². The van der Waals surface area contributed by atoms with Gasteiger partial charge in [-0.15, -0.1) is 0 Å². The molecular weight excluding hydrogens is 148 g/mol. The van der Waals surface area contributed by atoms with Crippen molar-refractivity contribution in [1.82, 2.24) is 4.98 Å². The molecule has 0 aliphatic heterocycles. The highest BCUT2D eigenvalue weighted by Crippen LogP contribution is 2.21. The Hall–Kier alpha value is -1.36. The van der Waals surface area contributed by atoms with Gasteiger partial charge in [0.15, 0.2) is 0 Å². The maximum atomic E-state index is 8.87. The van der Waals surface area contributed by atoms with Gasteiger partial charge in [0.05, 0.1) is 11.5 Å². The van der Waals surface area contributed by atoms with E-state index >= 15 is 0 Å². The summed E-state index contributed by atoms with van der Waals surface area (Å²) in [6, 6.07) is 6.09. The molecule has 1 heterocycles. The molecular formula is C10H12N2. The predicted octanol–water partition coefficient (Wildman–Crippen LogP) is 2.19. The van der Waals surface area contributed by atoms with Gasteiger partial charge in [-0.3, -0.25) is 4.98 Å². The van der Waals surface area contributed by atoms with Crippen molar-refractivity contribution in [3.05, 3.63) is 29.6 Å². The van der Waals surface area contributed by atoms with Gasteiger partial charge in [0.25, 0.3) is 0 Å². The first-order chi connectivity index (χ1) is 5.56. The van der Waals surface area contributed by atoms with E-state index < -0.39 is 5.41 Å². The predicted molar refractivity (Wildman–Crippen MR) is 47.6 cm³/mol. The third-order valence-electron chi connectivity index (χ3n) is 1.90. The fraction of sp³-hybridized carbons (Fsp3) is 0.400. The lowest BCUT2D eigenvalue weighted by Gasteiger charge is -2.15. The minimum atomic E-state index is -0.409. The number of nitriles is 1. The second-order valence-corrected chi connectivity index (χ2v) is 3.42. The van der Waals surface area contributed by atoms with Crippen molar-refractivity contribution in [3.8, 4) is 6.07 Å². The van der Waals surface area contributed by atoms with Crippen LogP contribution >= 0.6 is 0 Å². The zero-order valence-corrected chi connectivity index (χ0v) is 7.63. The summed E-state index contributed by atoms with van der Waals surface area (Å²) in [5.41, 5.74) is 1.57. The normalized spacial score (nSPS) is 10.8. The second kappa shape index (κ2) is 2.94. The minimum absolute atomic E-state index is 0.409. The van der Waals surface area contributed by atoms with Gasteiger partial charge in [0.1, 0.15) is 0 Å². The van der Waals surface area contributed by atoms with E-state index in [-0.39, 0.29) is 0 Å². The highest BCUT2D eigenvalue weighted by Gasteiger charge is 2.19. The second-order valence-electron chi connectivity index (χ2n) is 3.42. The summed E-state index contributed by atoms with van der Waals surface area (Å²) < 4.78 is 0. The Balaban J connectivity index is 3.14. The third kappa shape index (κ3) is 1.62. The van der Waals surface area contributed by atoms with E-state index in [1.807, 2.05) is 32.9 Å². The molecule has 0 unspecified atom stereocenters. The molecule has 0 aromatic carbocycles. The van der Waals surface area contributed by atoms with Gasteiger partial charge < -0.3 is 0 Å². The molecule has 0 aliphatic carbocycles. The Morgan fingerprint density at radius 1 is 1.50 bits per heavy atom. The first-order valence-corrected chi connectivity index (χ1v) is 3.90. The Bertz CT molecular complexity index is 321. The quantitative estimate of drug-likeness (QED) is 0.631. The molecule has 1 rings (SSSR count). The average Bonchev–Trinajstić information content (AvgIpc) is 2.05. The van der Waals surface area contributed by atoms with Crippen LogP contribution in [-0.4, -0.2) is 4.98 Å². The summed E-state index contributed by atoms with van der Waals surface area (Å²) in [5.74, 6) is 0. The van der Waals surface area contributed by atoms with Gasteiger partial charge >= 0.3 is 0 Å². The van der Waals surface area contributed by atoms with E-state index in [0.29, 0.717) is 0 Å². The molecule has 0 bridgehead atoms. The SMILES string of the molecule is Cc1cc(C(C)(C)C#N)ccn1. The first kappa shape index (κ1) is 8.73. The number of aryl methyl sites for hydroxylation is 1. The number of aromatic nitrogens is 1. The smallest absolute Gasteiger partial charge is 0.0767 e. The summed E-state index contributed by atoms with van der Waals surface area (Å²) in [7, 11) is 0. The Labute approximate surface area is 72.9 Å². The van der Waals surface area contributed by atoms with Crippen LogP contribution in [0.4, 0.5) is 0 Å². The number of hydrogen-bond acceptors (Lipinski definition) is 2. The molecule has 0 amide bonds. The van der Waals surface area contributed by atoms with E-state index in [2.05, 4.69) is 11.1 Å². The van der Waals surface area contributed by atoms with E-state index in [1.54, 1.807) is 6.20 Å². The Morgan fingerprint density at radius 2 is 2.17 bits per heavy atom. The van der Waals surface area contributed by atoms with Crippen LogP contribution in [0.3, 0.4) is 0 Å². The standard InChI is InChI=1S/C10H12N2/c1-8-6-9(4-5-12-8)10(2,3)7-11/h4-6H,1-3H3. The van der Waals surface area contributed by atoms with E-state index in [1.165, 1.54) is 0 Å². The molecule has 0 saturated heterocycles. The molecule has 0 saturated carbocycles. The van der Waals surface area contributed by atoms with Crippen molar-refractivity contribution in [1.29, 1.82) is 5.26 Å². The van der Waals surface area contributed by atoms with Gasteiger partial charge in [-0.2, -0.15) is 5.26 Å². The van der Waals surface area contributed by atoms with E-state index in [4.69, 9.17) is 5.26 Å². The highest BCUT2D eigenvalue weighted by molar-refractivity contribution is 5.29. The minimum Gasteiger partial charge on any atom is -0.262 e. The van der Waals surface area contributed by atoms with Crippen molar-refractivity contribution >= 4 is 0 Å². The summed E-state index contributed by atoms with van der Waals surface area (Å²) in [5, 5.41) is 8.87.